The van der Waals surface area contributed by atoms with Gasteiger partial charge in [0.15, 0.2) is 5.82 Å². The van der Waals surface area contributed by atoms with Crippen molar-refractivity contribution in [3.8, 4) is 11.4 Å². The van der Waals surface area contributed by atoms with Gasteiger partial charge in [0.25, 0.3) is 5.91 Å². The second kappa shape index (κ2) is 26.5. The first-order valence-corrected chi connectivity index (χ1v) is 19.7. The maximum atomic E-state index is 11.3. The molecule has 0 saturated carbocycles. The zero-order chi connectivity index (χ0) is 43.0. The van der Waals surface area contributed by atoms with Crippen molar-refractivity contribution in [3.63, 3.8) is 0 Å². The molecule has 16 nitrogen and oxygen atoms in total. The summed E-state index contributed by atoms with van der Waals surface area (Å²) in [6, 6.07) is 11.9. The van der Waals surface area contributed by atoms with Crippen LogP contribution in [0, 0.1) is 20.8 Å². The summed E-state index contributed by atoms with van der Waals surface area (Å²) in [5.74, 6) is 2.06. The Balaban J connectivity index is 0.000000244. The fraction of sp³-hybridized carbons (Fsp3) is 0.439. The van der Waals surface area contributed by atoms with Crippen LogP contribution >= 0.6 is 15.9 Å². The summed E-state index contributed by atoms with van der Waals surface area (Å²) in [5, 5.41) is 10.4. The van der Waals surface area contributed by atoms with E-state index in [0.717, 1.165) is 72.2 Å². The highest BCUT2D eigenvalue weighted by Crippen LogP contribution is 2.16. The van der Waals surface area contributed by atoms with Crippen molar-refractivity contribution in [3.05, 3.63) is 113 Å². The van der Waals surface area contributed by atoms with Gasteiger partial charge in [-0.1, -0.05) is 43.7 Å². The van der Waals surface area contributed by atoms with Crippen LogP contribution in [-0.2, 0) is 44.7 Å². The van der Waals surface area contributed by atoms with E-state index in [9.17, 15) is 9.59 Å². The van der Waals surface area contributed by atoms with Crippen molar-refractivity contribution >= 4 is 27.8 Å². The maximum absolute atomic E-state index is 11.3. The SMILES string of the molecule is CCCCOC(=O)c1ccnn1C.CN1CCOCC1.CNC(=O)c1nccn1C.Cc1cn(C)c(-c2ccccc2)n1.Cc1nccn1C.Cc1nn(C)cc1Br. The second-order valence-corrected chi connectivity index (χ2v) is 14.0. The van der Waals surface area contributed by atoms with Gasteiger partial charge in [0, 0.05) is 104 Å². The molecule has 6 heterocycles. The van der Waals surface area contributed by atoms with Gasteiger partial charge in [-0.15, -0.1) is 0 Å². The average molecular weight is 866 g/mol. The lowest BCUT2D eigenvalue weighted by molar-refractivity contribution is 0.0486. The van der Waals surface area contributed by atoms with Crippen molar-refractivity contribution in [2.75, 3.05) is 47.0 Å². The molecule has 1 aliphatic heterocycles. The third kappa shape index (κ3) is 17.8. The zero-order valence-electron chi connectivity index (χ0n) is 35.9. The fourth-order valence-electron chi connectivity index (χ4n) is 4.79. The van der Waals surface area contributed by atoms with E-state index in [-0.39, 0.29) is 11.9 Å². The summed E-state index contributed by atoms with van der Waals surface area (Å²) in [6.45, 7) is 12.5. The number of halogens is 1. The molecule has 316 valence electrons. The number of unbranched alkanes of at least 4 members (excludes halogenated alkanes) is 1. The predicted octanol–water partition coefficient (Wildman–Crippen LogP) is 5.72. The molecule has 5 aromatic heterocycles. The Morgan fingerprint density at radius 3 is 1.90 bits per heavy atom. The number of imidazole rings is 3. The van der Waals surface area contributed by atoms with Gasteiger partial charge < -0.3 is 33.4 Å². The molecule has 0 spiro atoms. The summed E-state index contributed by atoms with van der Waals surface area (Å²) in [5.41, 5.74) is 3.75. The summed E-state index contributed by atoms with van der Waals surface area (Å²) >= 11 is 3.33. The quantitative estimate of drug-likeness (QED) is 0.162. The van der Waals surface area contributed by atoms with Crippen LogP contribution in [0.15, 0.2) is 84.2 Å². The molecule has 0 aliphatic carbocycles. The van der Waals surface area contributed by atoms with Crippen LogP contribution < -0.4 is 5.32 Å². The summed E-state index contributed by atoms with van der Waals surface area (Å²) in [6.07, 6.45) is 14.5. The molecule has 1 amide bonds. The fourth-order valence-corrected chi connectivity index (χ4v) is 5.17. The number of hydrogen-bond donors (Lipinski definition) is 1. The molecule has 0 radical (unpaired) electrons. The van der Waals surface area contributed by atoms with E-state index in [0.29, 0.717) is 18.1 Å². The van der Waals surface area contributed by atoms with Crippen molar-refractivity contribution in [2.45, 2.75) is 40.5 Å². The number of aryl methyl sites for hydroxylation is 8. The molecule has 0 atom stereocenters. The molecular formula is C41H61BrN12O4. The van der Waals surface area contributed by atoms with Crippen LogP contribution in [0.1, 0.15) is 58.1 Å². The third-order valence-corrected chi connectivity index (χ3v) is 9.07. The summed E-state index contributed by atoms with van der Waals surface area (Å²) < 4.78 is 20.1. The Kier molecular flexibility index (Phi) is 22.3. The summed E-state index contributed by atoms with van der Waals surface area (Å²) in [4.78, 5) is 36.7. The number of likely N-dealkylation sites (N-methyl/N-ethyl adjacent to an activating group) is 1. The number of esters is 1. The predicted molar refractivity (Wildman–Crippen MR) is 230 cm³/mol. The van der Waals surface area contributed by atoms with Gasteiger partial charge in [0.1, 0.15) is 17.3 Å². The van der Waals surface area contributed by atoms with E-state index in [4.69, 9.17) is 9.47 Å². The molecule has 1 saturated heterocycles. The van der Waals surface area contributed by atoms with Crippen LogP contribution in [0.5, 0.6) is 0 Å². The van der Waals surface area contributed by atoms with Gasteiger partial charge >= 0.3 is 5.97 Å². The molecule has 0 unspecified atom stereocenters. The van der Waals surface area contributed by atoms with Gasteiger partial charge in [-0.3, -0.25) is 14.2 Å². The van der Waals surface area contributed by atoms with Crippen molar-refractivity contribution in [1.82, 2.24) is 58.4 Å². The highest BCUT2D eigenvalue weighted by atomic mass is 79.9. The number of carbonyl (C=O) groups excluding carboxylic acids is 2. The molecule has 1 aromatic carbocycles. The topological polar surface area (TPSA) is 157 Å². The van der Waals surface area contributed by atoms with Crippen LogP contribution in [0.25, 0.3) is 11.4 Å². The van der Waals surface area contributed by atoms with Gasteiger partial charge in [-0.25, -0.2) is 19.7 Å². The highest BCUT2D eigenvalue weighted by molar-refractivity contribution is 9.10. The van der Waals surface area contributed by atoms with Crippen molar-refractivity contribution < 1.29 is 19.1 Å². The van der Waals surface area contributed by atoms with Crippen LogP contribution in [0.3, 0.4) is 0 Å². The normalized spacial score (nSPS) is 11.7. The number of ether oxygens (including phenoxy) is 2. The monoisotopic (exact) mass is 864 g/mol. The minimum atomic E-state index is -0.298. The Labute approximate surface area is 351 Å². The lowest BCUT2D eigenvalue weighted by atomic mass is 10.2. The molecule has 6 aromatic rings. The van der Waals surface area contributed by atoms with Crippen LogP contribution in [0.2, 0.25) is 0 Å². The maximum Gasteiger partial charge on any atom is 0.356 e. The molecular weight excluding hydrogens is 804 g/mol. The first-order chi connectivity index (χ1) is 27.7. The minimum absolute atomic E-state index is 0.160. The number of hydrogen-bond acceptors (Lipinski definition) is 10. The van der Waals surface area contributed by atoms with E-state index >= 15 is 0 Å². The lowest BCUT2D eigenvalue weighted by Crippen LogP contribution is -2.32. The molecule has 17 heteroatoms. The second-order valence-electron chi connectivity index (χ2n) is 13.2. The number of nitrogens with zero attached hydrogens (tertiary/aromatic N) is 11. The largest absolute Gasteiger partial charge is 0.461 e. The molecule has 1 aliphatic rings. The molecule has 58 heavy (non-hydrogen) atoms. The number of aromatic nitrogens is 10. The lowest BCUT2D eigenvalue weighted by Gasteiger charge is -2.21. The van der Waals surface area contributed by atoms with Crippen LogP contribution in [-0.4, -0.2) is 112 Å². The first-order valence-electron chi connectivity index (χ1n) is 18.9. The Hall–Kier alpha value is -5.39. The zero-order valence-corrected chi connectivity index (χ0v) is 37.5. The Morgan fingerprint density at radius 2 is 1.52 bits per heavy atom. The van der Waals surface area contributed by atoms with Gasteiger partial charge in [0.2, 0.25) is 0 Å². The summed E-state index contributed by atoms with van der Waals surface area (Å²) in [7, 11) is 13.1. The smallest absolute Gasteiger partial charge is 0.356 e. The van der Waals surface area contributed by atoms with E-state index in [1.807, 2.05) is 87.8 Å². The highest BCUT2D eigenvalue weighted by Gasteiger charge is 2.10. The van der Waals surface area contributed by atoms with Gasteiger partial charge in [-0.05, 0) is 56.2 Å². The number of morpholine rings is 1. The standard InChI is InChI=1S/C11H12N2.C9H14N2O2.C6H9N3O.C5H7BrN2.C5H8N2.C5H11NO/c1-9-8-13(2)11(12-9)10-6-4-3-5-7-10;1-3-4-7-13-9(12)8-5-6-10-11(8)2;1-7-6(10)5-8-3-4-9(5)2;1-4-5(6)3-8(2)7-4;1-5-6-3-4-7(5)2;1-6-2-4-7-5-3-6/h3-8H,1-2H3;5-6H,3-4,7H2,1-2H3;3-4H,1-2H3,(H,7,10);3H,1-2H3;3-4H,1-2H3;2-5H2,1H3. The Morgan fingerprint density at radius 1 is 0.862 bits per heavy atom. The minimum Gasteiger partial charge on any atom is -0.461 e. The van der Waals surface area contributed by atoms with E-state index in [1.54, 1.807) is 61.2 Å². The van der Waals surface area contributed by atoms with E-state index in [1.165, 1.54) is 4.68 Å². The van der Waals surface area contributed by atoms with Gasteiger partial charge in [-0.2, -0.15) is 10.2 Å². The van der Waals surface area contributed by atoms with E-state index in [2.05, 4.69) is 77.4 Å². The average Bonchev–Trinajstić information content (AvgIpc) is 4.05. The third-order valence-electron chi connectivity index (χ3n) is 8.29. The van der Waals surface area contributed by atoms with E-state index < -0.39 is 0 Å². The number of nitrogens with one attached hydrogen (secondary N) is 1. The number of benzene rings is 1. The van der Waals surface area contributed by atoms with Crippen molar-refractivity contribution in [2.24, 2.45) is 35.2 Å². The van der Waals surface area contributed by atoms with Crippen LogP contribution in [0.4, 0.5) is 0 Å². The van der Waals surface area contributed by atoms with Gasteiger partial charge in [0.05, 0.1) is 35.7 Å². The Bertz CT molecular complexity index is 2010. The first kappa shape index (κ1) is 48.8. The molecule has 0 bridgehead atoms. The molecule has 1 N–H and O–H groups in total. The number of amides is 1. The molecule has 7 rings (SSSR count). The van der Waals surface area contributed by atoms with Crippen molar-refractivity contribution in [1.29, 1.82) is 0 Å². The number of rotatable bonds is 6. The molecule has 1 fully saturated rings. The number of carbonyl (C=O) groups is 2.